The van der Waals surface area contributed by atoms with Gasteiger partial charge in [-0.25, -0.2) is 0 Å². The van der Waals surface area contributed by atoms with Crippen molar-refractivity contribution >= 4 is 43.6 Å². The summed E-state index contributed by atoms with van der Waals surface area (Å²) < 4.78 is 4.97. The van der Waals surface area contributed by atoms with Crippen molar-refractivity contribution in [2.45, 2.75) is 52.4 Å². The van der Waals surface area contributed by atoms with Gasteiger partial charge in [0.25, 0.3) is 0 Å². The van der Waals surface area contributed by atoms with Gasteiger partial charge in [-0.3, -0.25) is 0 Å². The second kappa shape index (κ2) is 13.5. The maximum Gasteiger partial charge on any atom is 0.0542 e. The third kappa shape index (κ3) is 5.78. The molecule has 0 fully saturated rings. The molecule has 58 heavy (non-hydrogen) atoms. The number of nitrogens with zero attached hydrogens (tertiary/aromatic N) is 2. The molecule has 10 rings (SSSR count). The molecule has 0 N–H and O–H groups in total. The molecule has 8 aromatic carbocycles. The largest absolute Gasteiger partial charge is 0.309 e. The van der Waals surface area contributed by atoms with Gasteiger partial charge in [-0.2, -0.15) is 0 Å². The second-order valence-corrected chi connectivity index (χ2v) is 17.3. The fourth-order valence-electron chi connectivity index (χ4n) is 9.27. The third-order valence-corrected chi connectivity index (χ3v) is 12.8. The van der Waals surface area contributed by atoms with Crippen LogP contribution in [0, 0.1) is 13.8 Å². The van der Waals surface area contributed by atoms with Crippen molar-refractivity contribution in [1.82, 2.24) is 9.13 Å². The minimum atomic E-state index is -0.238. The van der Waals surface area contributed by atoms with Gasteiger partial charge in [0, 0.05) is 43.7 Å². The molecule has 0 aliphatic rings. The van der Waals surface area contributed by atoms with Gasteiger partial charge in [0.15, 0.2) is 0 Å². The van der Waals surface area contributed by atoms with Crippen LogP contribution in [-0.4, -0.2) is 9.13 Å². The molecule has 282 valence electrons. The minimum absolute atomic E-state index is 0.238. The van der Waals surface area contributed by atoms with Gasteiger partial charge in [0.05, 0.1) is 22.1 Å². The van der Waals surface area contributed by atoms with Gasteiger partial charge in [0.1, 0.15) is 0 Å². The first-order valence-corrected chi connectivity index (χ1v) is 20.5. The van der Waals surface area contributed by atoms with Crippen LogP contribution in [0.4, 0.5) is 0 Å². The zero-order valence-corrected chi connectivity index (χ0v) is 34.2. The van der Waals surface area contributed by atoms with E-state index in [1.54, 1.807) is 0 Å². The molecular weight excluding hydrogens is 701 g/mol. The van der Waals surface area contributed by atoms with Crippen LogP contribution in [0.5, 0.6) is 0 Å². The highest BCUT2D eigenvalue weighted by atomic mass is 15.0. The highest BCUT2D eigenvalue weighted by Gasteiger charge is 2.30. The second-order valence-electron chi connectivity index (χ2n) is 17.3. The van der Waals surface area contributed by atoms with E-state index in [4.69, 9.17) is 0 Å². The number of fused-ring (bicyclic) bond motifs is 6. The summed E-state index contributed by atoms with van der Waals surface area (Å²) in [4.78, 5) is 0. The van der Waals surface area contributed by atoms with E-state index in [0.29, 0.717) is 0 Å². The van der Waals surface area contributed by atoms with Crippen LogP contribution in [-0.2, 0) is 10.8 Å². The van der Waals surface area contributed by atoms with Crippen molar-refractivity contribution in [2.75, 3.05) is 0 Å². The van der Waals surface area contributed by atoms with E-state index in [-0.39, 0.29) is 10.8 Å². The normalized spacial score (nSPS) is 12.3. The molecular formula is C56H48N2. The SMILES string of the molecule is Cc1ccc2c(c1)c1cc(C)ccc1n2-c1ccc2c(c1)c1cc(-c3ccccc3)ccc1n2-c1cc(C(C)(C)c2ccccc2)cc(C(C)(C)c2ccccc2)c1. The zero-order chi connectivity index (χ0) is 39.8. The highest BCUT2D eigenvalue weighted by molar-refractivity contribution is 6.13. The summed E-state index contributed by atoms with van der Waals surface area (Å²) in [5.41, 5.74) is 16.8. The van der Waals surface area contributed by atoms with Crippen molar-refractivity contribution < 1.29 is 0 Å². The molecule has 0 aliphatic carbocycles. The molecule has 0 bridgehead atoms. The molecule has 0 atom stereocenters. The van der Waals surface area contributed by atoms with Gasteiger partial charge in [-0.1, -0.05) is 154 Å². The Kier molecular flexibility index (Phi) is 8.32. The summed E-state index contributed by atoms with van der Waals surface area (Å²) in [7, 11) is 0. The summed E-state index contributed by atoms with van der Waals surface area (Å²) in [6.45, 7) is 13.8. The Hall–Kier alpha value is -6.64. The van der Waals surface area contributed by atoms with Crippen LogP contribution in [0.1, 0.15) is 61.1 Å². The Morgan fingerprint density at radius 3 is 1.24 bits per heavy atom. The lowest BCUT2D eigenvalue weighted by molar-refractivity contribution is 0.616. The van der Waals surface area contributed by atoms with Gasteiger partial charge < -0.3 is 9.13 Å². The molecule has 0 radical (unpaired) electrons. The van der Waals surface area contributed by atoms with E-state index in [1.807, 2.05) is 0 Å². The average Bonchev–Trinajstić information content (AvgIpc) is 3.75. The predicted molar refractivity (Wildman–Crippen MR) is 247 cm³/mol. The number of benzene rings is 8. The van der Waals surface area contributed by atoms with Crippen molar-refractivity contribution in [1.29, 1.82) is 0 Å². The summed E-state index contributed by atoms with van der Waals surface area (Å²) in [5.74, 6) is 0. The van der Waals surface area contributed by atoms with Crippen molar-refractivity contribution in [3.05, 3.63) is 215 Å². The van der Waals surface area contributed by atoms with Crippen molar-refractivity contribution in [3.8, 4) is 22.5 Å². The molecule has 2 heteroatoms. The molecule has 0 aliphatic heterocycles. The van der Waals surface area contributed by atoms with Crippen LogP contribution in [0.15, 0.2) is 182 Å². The van der Waals surface area contributed by atoms with Crippen LogP contribution < -0.4 is 0 Å². The molecule has 0 amide bonds. The third-order valence-electron chi connectivity index (χ3n) is 12.8. The Balaban J connectivity index is 1.27. The number of hydrogen-bond acceptors (Lipinski definition) is 0. The zero-order valence-electron chi connectivity index (χ0n) is 34.2. The van der Waals surface area contributed by atoms with E-state index in [1.165, 1.54) is 93.8 Å². The molecule has 0 saturated heterocycles. The molecule has 0 unspecified atom stereocenters. The van der Waals surface area contributed by atoms with E-state index in [9.17, 15) is 0 Å². The maximum absolute atomic E-state index is 2.51. The maximum atomic E-state index is 2.51. The summed E-state index contributed by atoms with van der Waals surface area (Å²) >= 11 is 0. The number of hydrogen-bond donors (Lipinski definition) is 0. The molecule has 10 aromatic rings. The first kappa shape index (κ1) is 35.8. The summed E-state index contributed by atoms with van der Waals surface area (Å²) in [6, 6.07) is 67.8. The number of aromatic nitrogens is 2. The van der Waals surface area contributed by atoms with Crippen molar-refractivity contribution in [3.63, 3.8) is 0 Å². The molecule has 2 heterocycles. The Labute approximate surface area is 341 Å². The number of aryl methyl sites for hydroxylation is 2. The minimum Gasteiger partial charge on any atom is -0.309 e. The fourth-order valence-corrected chi connectivity index (χ4v) is 9.27. The van der Waals surface area contributed by atoms with Crippen LogP contribution in [0.3, 0.4) is 0 Å². The lowest BCUT2D eigenvalue weighted by Crippen LogP contribution is -2.23. The highest BCUT2D eigenvalue weighted by Crippen LogP contribution is 2.43. The Morgan fingerprint density at radius 2 is 0.724 bits per heavy atom. The Morgan fingerprint density at radius 1 is 0.310 bits per heavy atom. The van der Waals surface area contributed by atoms with E-state index >= 15 is 0 Å². The quantitative estimate of drug-likeness (QED) is 0.154. The lowest BCUT2D eigenvalue weighted by atomic mass is 9.73. The summed E-state index contributed by atoms with van der Waals surface area (Å²) in [5, 5.41) is 5.05. The topological polar surface area (TPSA) is 9.86 Å². The van der Waals surface area contributed by atoms with Gasteiger partial charge in [-0.15, -0.1) is 0 Å². The molecule has 0 saturated carbocycles. The predicted octanol–water partition coefficient (Wildman–Crippen LogP) is 14.8. The van der Waals surface area contributed by atoms with Crippen LogP contribution in [0.2, 0.25) is 0 Å². The van der Waals surface area contributed by atoms with Gasteiger partial charge in [0.2, 0.25) is 0 Å². The first-order chi connectivity index (χ1) is 28.1. The van der Waals surface area contributed by atoms with Crippen LogP contribution in [0.25, 0.3) is 66.1 Å². The molecule has 2 nitrogen and oxygen atoms in total. The molecule has 2 aromatic heterocycles. The number of rotatable bonds is 7. The Bertz CT molecular complexity index is 3030. The molecule has 0 spiro atoms. The fraction of sp³-hybridized carbons (Fsp3) is 0.143. The summed E-state index contributed by atoms with van der Waals surface area (Å²) in [6.07, 6.45) is 0. The standard InChI is InChI=1S/C56H48N2/c1-37-22-26-51-47(30-37)48-31-38(2)23-27-52(48)57(51)45-25-29-54-50(36-45)49-32-40(39-16-10-7-11-17-39)24-28-53(49)58(54)46-34-43(55(3,4)41-18-12-8-13-19-41)33-44(35-46)56(5,6)42-20-14-9-15-21-42/h7-36H,1-6H3. The smallest absolute Gasteiger partial charge is 0.0542 e. The average molecular weight is 749 g/mol. The van der Waals surface area contributed by atoms with E-state index < -0.39 is 0 Å². The first-order valence-electron chi connectivity index (χ1n) is 20.5. The van der Waals surface area contributed by atoms with Crippen molar-refractivity contribution in [2.24, 2.45) is 0 Å². The van der Waals surface area contributed by atoms with E-state index in [0.717, 1.165) is 5.69 Å². The van der Waals surface area contributed by atoms with Crippen LogP contribution >= 0.6 is 0 Å². The monoisotopic (exact) mass is 748 g/mol. The van der Waals surface area contributed by atoms with Gasteiger partial charge in [-0.05, 0) is 114 Å². The van der Waals surface area contributed by atoms with E-state index in [2.05, 4.69) is 233 Å². The lowest BCUT2D eigenvalue weighted by Gasteiger charge is -2.32. The van der Waals surface area contributed by atoms with Gasteiger partial charge >= 0.3 is 0 Å².